The molecule has 2 rings (SSSR count). The Bertz CT molecular complexity index is 328. The lowest BCUT2D eigenvalue weighted by Crippen LogP contribution is -2.41. The van der Waals surface area contributed by atoms with Crippen molar-refractivity contribution >= 4 is 7.12 Å². The van der Waals surface area contributed by atoms with Crippen LogP contribution < -0.4 is 0 Å². The second-order valence-electron chi connectivity index (χ2n) is 7.15. The standard InChI is InChI=1S/C15H27BO2/c1-11(2)12-7-9-13(10-8-12)16-17-14(3,4)15(5,6)18-16/h9,11-12H,7-8,10H2,1-6H3/t12-/m0/s1. The van der Waals surface area contributed by atoms with Crippen LogP contribution in [0.3, 0.4) is 0 Å². The molecule has 1 aliphatic carbocycles. The fourth-order valence-corrected chi connectivity index (χ4v) is 2.69. The van der Waals surface area contributed by atoms with Gasteiger partial charge in [-0.1, -0.05) is 19.9 Å². The van der Waals surface area contributed by atoms with E-state index in [-0.39, 0.29) is 18.3 Å². The van der Waals surface area contributed by atoms with Crippen molar-refractivity contribution in [1.82, 2.24) is 0 Å². The third-order valence-corrected chi connectivity index (χ3v) is 4.99. The van der Waals surface area contributed by atoms with Gasteiger partial charge in [0.2, 0.25) is 0 Å². The van der Waals surface area contributed by atoms with E-state index < -0.39 is 0 Å². The lowest BCUT2D eigenvalue weighted by Gasteiger charge is -2.32. The summed E-state index contributed by atoms with van der Waals surface area (Å²) in [4.78, 5) is 0. The Labute approximate surface area is 112 Å². The van der Waals surface area contributed by atoms with Crippen LogP contribution in [0.25, 0.3) is 0 Å². The Balaban J connectivity index is 2.04. The minimum Gasteiger partial charge on any atom is -0.400 e. The molecule has 0 radical (unpaired) electrons. The Kier molecular flexibility index (Phi) is 3.68. The maximum atomic E-state index is 6.11. The summed E-state index contributed by atoms with van der Waals surface area (Å²) in [6.45, 7) is 13.1. The third kappa shape index (κ3) is 2.53. The van der Waals surface area contributed by atoms with Gasteiger partial charge in [-0.15, -0.1) is 0 Å². The van der Waals surface area contributed by atoms with Crippen LogP contribution in [0.5, 0.6) is 0 Å². The fraction of sp³-hybridized carbons (Fsp3) is 0.867. The predicted molar refractivity (Wildman–Crippen MR) is 76.3 cm³/mol. The molecule has 0 aromatic carbocycles. The van der Waals surface area contributed by atoms with Gasteiger partial charge in [0.1, 0.15) is 0 Å². The number of hydrogen-bond acceptors (Lipinski definition) is 2. The minimum atomic E-state index is -0.215. The summed E-state index contributed by atoms with van der Waals surface area (Å²) >= 11 is 0. The molecule has 1 aliphatic heterocycles. The van der Waals surface area contributed by atoms with Gasteiger partial charge in [0.05, 0.1) is 11.2 Å². The minimum absolute atomic E-state index is 0.122. The van der Waals surface area contributed by atoms with Crippen molar-refractivity contribution in [3.05, 3.63) is 11.5 Å². The summed E-state index contributed by atoms with van der Waals surface area (Å²) in [7, 11) is -0.122. The van der Waals surface area contributed by atoms with Gasteiger partial charge in [0.15, 0.2) is 0 Å². The molecule has 3 heteroatoms. The summed E-state index contributed by atoms with van der Waals surface area (Å²) < 4.78 is 12.2. The van der Waals surface area contributed by atoms with E-state index in [2.05, 4.69) is 47.6 Å². The van der Waals surface area contributed by atoms with Gasteiger partial charge in [-0.3, -0.25) is 0 Å². The van der Waals surface area contributed by atoms with Crippen molar-refractivity contribution in [2.24, 2.45) is 11.8 Å². The molecule has 0 bridgehead atoms. The van der Waals surface area contributed by atoms with Crippen molar-refractivity contribution < 1.29 is 9.31 Å². The van der Waals surface area contributed by atoms with Gasteiger partial charge in [0.25, 0.3) is 0 Å². The van der Waals surface area contributed by atoms with Gasteiger partial charge in [-0.05, 0) is 64.3 Å². The highest BCUT2D eigenvalue weighted by atomic mass is 16.7. The van der Waals surface area contributed by atoms with Crippen molar-refractivity contribution in [1.29, 1.82) is 0 Å². The summed E-state index contributed by atoms with van der Waals surface area (Å²) in [5.74, 6) is 1.61. The van der Waals surface area contributed by atoms with E-state index in [1.807, 2.05) is 0 Å². The zero-order valence-corrected chi connectivity index (χ0v) is 12.7. The van der Waals surface area contributed by atoms with Gasteiger partial charge in [-0.2, -0.15) is 0 Å². The van der Waals surface area contributed by atoms with E-state index in [1.165, 1.54) is 18.3 Å². The molecule has 18 heavy (non-hydrogen) atoms. The zero-order chi connectivity index (χ0) is 13.6. The first kappa shape index (κ1) is 14.1. The second kappa shape index (κ2) is 4.68. The normalized spacial score (nSPS) is 30.7. The van der Waals surface area contributed by atoms with Crippen LogP contribution in [0, 0.1) is 11.8 Å². The lowest BCUT2D eigenvalue weighted by molar-refractivity contribution is 0.00578. The van der Waals surface area contributed by atoms with Crippen LogP contribution in [-0.2, 0) is 9.31 Å². The van der Waals surface area contributed by atoms with Gasteiger partial charge in [0, 0.05) is 0 Å². The average molecular weight is 250 g/mol. The maximum absolute atomic E-state index is 6.11. The highest BCUT2D eigenvalue weighted by Crippen LogP contribution is 2.41. The van der Waals surface area contributed by atoms with Crippen molar-refractivity contribution in [3.63, 3.8) is 0 Å². The molecule has 0 unspecified atom stereocenters. The molecular formula is C15H27BO2. The van der Waals surface area contributed by atoms with E-state index in [4.69, 9.17) is 9.31 Å². The zero-order valence-electron chi connectivity index (χ0n) is 12.7. The smallest absolute Gasteiger partial charge is 0.400 e. The quantitative estimate of drug-likeness (QED) is 0.689. The first-order valence-corrected chi connectivity index (χ1v) is 7.27. The first-order valence-electron chi connectivity index (χ1n) is 7.27. The van der Waals surface area contributed by atoms with E-state index in [9.17, 15) is 0 Å². The summed E-state index contributed by atoms with van der Waals surface area (Å²) in [6.07, 6.45) is 5.93. The topological polar surface area (TPSA) is 18.5 Å². The van der Waals surface area contributed by atoms with E-state index in [0.29, 0.717) is 0 Å². The molecule has 0 aromatic rings. The number of hydrogen-bond donors (Lipinski definition) is 0. The van der Waals surface area contributed by atoms with Crippen LogP contribution in [-0.4, -0.2) is 18.3 Å². The molecule has 2 nitrogen and oxygen atoms in total. The van der Waals surface area contributed by atoms with Crippen LogP contribution in [0.15, 0.2) is 11.5 Å². The second-order valence-corrected chi connectivity index (χ2v) is 7.15. The molecule has 1 heterocycles. The van der Waals surface area contributed by atoms with E-state index in [1.54, 1.807) is 0 Å². The maximum Gasteiger partial charge on any atom is 0.490 e. The summed E-state index contributed by atoms with van der Waals surface area (Å²) in [5, 5.41) is 0. The Morgan fingerprint density at radius 3 is 2.11 bits per heavy atom. The largest absolute Gasteiger partial charge is 0.490 e. The monoisotopic (exact) mass is 250 g/mol. The van der Waals surface area contributed by atoms with Crippen LogP contribution in [0.2, 0.25) is 0 Å². The lowest BCUT2D eigenvalue weighted by atomic mass is 9.69. The van der Waals surface area contributed by atoms with Gasteiger partial charge < -0.3 is 9.31 Å². The molecular weight excluding hydrogens is 223 g/mol. The molecule has 0 spiro atoms. The highest BCUT2D eigenvalue weighted by molar-refractivity contribution is 6.54. The first-order chi connectivity index (χ1) is 8.23. The van der Waals surface area contributed by atoms with Crippen molar-refractivity contribution in [3.8, 4) is 0 Å². The van der Waals surface area contributed by atoms with Gasteiger partial charge >= 0.3 is 7.12 Å². The van der Waals surface area contributed by atoms with Crippen molar-refractivity contribution in [2.45, 2.75) is 72.0 Å². The number of allylic oxidation sites excluding steroid dienone is 2. The van der Waals surface area contributed by atoms with Crippen LogP contribution in [0.1, 0.15) is 60.8 Å². The number of rotatable bonds is 2. The van der Waals surface area contributed by atoms with Crippen LogP contribution in [0.4, 0.5) is 0 Å². The average Bonchev–Trinajstić information content (AvgIpc) is 2.48. The molecule has 0 amide bonds. The molecule has 0 aromatic heterocycles. The Morgan fingerprint density at radius 2 is 1.72 bits per heavy atom. The molecule has 1 atom stereocenters. The van der Waals surface area contributed by atoms with Crippen molar-refractivity contribution in [2.75, 3.05) is 0 Å². The third-order valence-electron chi connectivity index (χ3n) is 4.99. The molecule has 2 aliphatic rings. The Hall–Kier alpha value is -0.275. The highest BCUT2D eigenvalue weighted by Gasteiger charge is 2.52. The molecule has 1 fully saturated rings. The molecule has 102 valence electrons. The Morgan fingerprint density at radius 1 is 1.17 bits per heavy atom. The van der Waals surface area contributed by atoms with Gasteiger partial charge in [-0.25, -0.2) is 0 Å². The van der Waals surface area contributed by atoms with E-state index in [0.717, 1.165) is 18.3 Å². The fourth-order valence-electron chi connectivity index (χ4n) is 2.69. The summed E-state index contributed by atoms with van der Waals surface area (Å²) in [5.41, 5.74) is 0.923. The molecule has 0 N–H and O–H groups in total. The summed E-state index contributed by atoms with van der Waals surface area (Å²) in [6, 6.07) is 0. The molecule has 0 saturated carbocycles. The predicted octanol–water partition coefficient (Wildman–Crippen LogP) is 4.00. The SMILES string of the molecule is CC(C)[C@H]1CC=C(B2OC(C)(C)C(C)(C)O2)CC1. The molecule has 1 saturated heterocycles. The van der Waals surface area contributed by atoms with Crippen LogP contribution >= 0.6 is 0 Å². The van der Waals surface area contributed by atoms with E-state index >= 15 is 0 Å².